The highest BCUT2D eigenvalue weighted by atomic mass is 16.6. The molecule has 0 N–H and O–H groups in total. The van der Waals surface area contributed by atoms with E-state index in [1.54, 1.807) is 0 Å². The van der Waals surface area contributed by atoms with Crippen LogP contribution in [0, 0.1) is 0 Å². The van der Waals surface area contributed by atoms with Gasteiger partial charge in [0, 0.05) is 13.1 Å². The molecule has 0 spiro atoms. The Morgan fingerprint density at radius 1 is 1.10 bits per heavy atom. The molecule has 0 aliphatic carbocycles. The average Bonchev–Trinajstić information content (AvgIpc) is 2.41. The van der Waals surface area contributed by atoms with Crippen LogP contribution in [0.3, 0.4) is 0 Å². The summed E-state index contributed by atoms with van der Waals surface area (Å²) in [5, 5.41) is 0. The number of ether oxygens (including phenoxy) is 1. The Morgan fingerprint density at radius 3 is 2.29 bits per heavy atom. The van der Waals surface area contributed by atoms with Gasteiger partial charge in [0.2, 0.25) is 0 Å². The molecule has 3 nitrogen and oxygen atoms in total. The summed E-state index contributed by atoms with van der Waals surface area (Å²) in [7, 11) is 0. The molecule has 0 aromatic heterocycles. The summed E-state index contributed by atoms with van der Waals surface area (Å²) in [5.41, 5.74) is 0.887. The number of nitrogens with zero attached hydrogens (tertiary/aromatic N) is 1. The van der Waals surface area contributed by atoms with Gasteiger partial charge in [0.05, 0.1) is 0 Å². The molecule has 1 amide bonds. The molecule has 0 radical (unpaired) electrons. The first-order chi connectivity index (χ1) is 9.92. The Kier molecular flexibility index (Phi) is 7.27. The summed E-state index contributed by atoms with van der Waals surface area (Å²) in [5.74, 6) is 0. The van der Waals surface area contributed by atoms with Gasteiger partial charge in [-0.1, -0.05) is 43.7 Å². The maximum absolute atomic E-state index is 12.2. The van der Waals surface area contributed by atoms with E-state index in [0.717, 1.165) is 38.8 Å². The molecule has 0 heterocycles. The van der Waals surface area contributed by atoms with Crippen molar-refractivity contribution in [2.45, 2.75) is 59.0 Å². The molecule has 0 saturated heterocycles. The first kappa shape index (κ1) is 17.5. The molecular formula is C18H29NO2. The number of amides is 1. The van der Waals surface area contributed by atoms with Gasteiger partial charge in [0.1, 0.15) is 5.60 Å². The minimum absolute atomic E-state index is 0.191. The smallest absolute Gasteiger partial charge is 0.410 e. The third-order valence-electron chi connectivity index (χ3n) is 3.17. The third-order valence-corrected chi connectivity index (χ3v) is 3.17. The van der Waals surface area contributed by atoms with Gasteiger partial charge in [0.15, 0.2) is 0 Å². The van der Waals surface area contributed by atoms with Crippen LogP contribution < -0.4 is 0 Å². The van der Waals surface area contributed by atoms with Crippen LogP contribution in [0.1, 0.15) is 52.5 Å². The summed E-state index contributed by atoms with van der Waals surface area (Å²) < 4.78 is 5.49. The van der Waals surface area contributed by atoms with Crippen molar-refractivity contribution in [2.75, 3.05) is 13.1 Å². The van der Waals surface area contributed by atoms with Crippen molar-refractivity contribution >= 4 is 6.09 Å². The van der Waals surface area contributed by atoms with Crippen molar-refractivity contribution in [3.8, 4) is 0 Å². The third kappa shape index (κ3) is 7.74. The van der Waals surface area contributed by atoms with Crippen molar-refractivity contribution in [3.05, 3.63) is 35.9 Å². The van der Waals surface area contributed by atoms with E-state index in [9.17, 15) is 4.79 Å². The van der Waals surface area contributed by atoms with Gasteiger partial charge in [0.25, 0.3) is 0 Å². The number of rotatable bonds is 7. The second-order valence-electron chi connectivity index (χ2n) is 6.41. The molecule has 0 aliphatic heterocycles. The second-order valence-corrected chi connectivity index (χ2v) is 6.41. The van der Waals surface area contributed by atoms with Crippen molar-refractivity contribution < 1.29 is 9.53 Å². The summed E-state index contributed by atoms with van der Waals surface area (Å²) in [6, 6.07) is 10.4. The van der Waals surface area contributed by atoms with E-state index in [1.165, 1.54) is 5.56 Å². The topological polar surface area (TPSA) is 29.5 Å². The Hall–Kier alpha value is -1.51. The first-order valence-corrected chi connectivity index (χ1v) is 7.94. The zero-order valence-corrected chi connectivity index (χ0v) is 13.9. The largest absolute Gasteiger partial charge is 0.444 e. The van der Waals surface area contributed by atoms with E-state index in [2.05, 4.69) is 31.2 Å². The standard InChI is InChI=1S/C18H29NO2/c1-5-6-14-19(17(20)21-18(2,3)4)15-10-13-16-11-8-7-9-12-16/h7-9,11-12H,5-6,10,13-15H2,1-4H3. The fourth-order valence-corrected chi connectivity index (χ4v) is 2.09. The lowest BCUT2D eigenvalue weighted by Crippen LogP contribution is -2.38. The van der Waals surface area contributed by atoms with Crippen LogP contribution >= 0.6 is 0 Å². The van der Waals surface area contributed by atoms with Gasteiger partial charge in [-0.15, -0.1) is 0 Å². The summed E-state index contributed by atoms with van der Waals surface area (Å²) in [6.07, 6.45) is 3.87. The van der Waals surface area contributed by atoms with Crippen LogP contribution in [0.5, 0.6) is 0 Å². The minimum atomic E-state index is -0.430. The van der Waals surface area contributed by atoms with Gasteiger partial charge in [-0.25, -0.2) is 4.79 Å². The van der Waals surface area contributed by atoms with E-state index in [-0.39, 0.29) is 6.09 Å². The lowest BCUT2D eigenvalue weighted by molar-refractivity contribution is 0.0245. The monoisotopic (exact) mass is 291 g/mol. The molecule has 0 bridgehead atoms. The first-order valence-electron chi connectivity index (χ1n) is 7.94. The van der Waals surface area contributed by atoms with Crippen LogP contribution in [0.2, 0.25) is 0 Å². The quantitative estimate of drug-likeness (QED) is 0.731. The van der Waals surface area contributed by atoms with Gasteiger partial charge >= 0.3 is 6.09 Å². The maximum Gasteiger partial charge on any atom is 0.410 e. The Labute approximate surface area is 129 Å². The van der Waals surface area contributed by atoms with Gasteiger partial charge < -0.3 is 9.64 Å². The van der Waals surface area contributed by atoms with Crippen LogP contribution in [-0.4, -0.2) is 29.7 Å². The van der Waals surface area contributed by atoms with E-state index in [0.29, 0.717) is 0 Å². The molecule has 118 valence electrons. The number of benzene rings is 1. The fraction of sp³-hybridized carbons (Fsp3) is 0.611. The van der Waals surface area contributed by atoms with Crippen LogP contribution in [0.15, 0.2) is 30.3 Å². The van der Waals surface area contributed by atoms with E-state index >= 15 is 0 Å². The Bertz CT molecular complexity index is 409. The lowest BCUT2D eigenvalue weighted by Gasteiger charge is -2.27. The number of aryl methyl sites for hydroxylation is 1. The molecular weight excluding hydrogens is 262 g/mol. The van der Waals surface area contributed by atoms with Gasteiger partial charge in [-0.05, 0) is 45.6 Å². The number of carbonyl (C=O) groups is 1. The number of hydrogen-bond acceptors (Lipinski definition) is 2. The highest BCUT2D eigenvalue weighted by Crippen LogP contribution is 2.12. The maximum atomic E-state index is 12.2. The predicted octanol–water partition coefficient (Wildman–Crippen LogP) is 4.66. The molecule has 1 aromatic rings. The second kappa shape index (κ2) is 8.71. The SMILES string of the molecule is CCCCN(CCCc1ccccc1)C(=O)OC(C)(C)C. The molecule has 0 fully saturated rings. The van der Waals surface area contributed by atoms with Crippen molar-refractivity contribution in [1.82, 2.24) is 4.90 Å². The molecule has 0 aliphatic rings. The molecule has 0 unspecified atom stereocenters. The average molecular weight is 291 g/mol. The van der Waals surface area contributed by atoms with Crippen LogP contribution in [-0.2, 0) is 11.2 Å². The van der Waals surface area contributed by atoms with Gasteiger partial charge in [-0.3, -0.25) is 0 Å². The van der Waals surface area contributed by atoms with Crippen LogP contribution in [0.4, 0.5) is 4.79 Å². The van der Waals surface area contributed by atoms with Gasteiger partial charge in [-0.2, -0.15) is 0 Å². The predicted molar refractivity (Wildman–Crippen MR) is 87.5 cm³/mol. The zero-order valence-electron chi connectivity index (χ0n) is 13.9. The van der Waals surface area contributed by atoms with Crippen molar-refractivity contribution in [2.24, 2.45) is 0 Å². The summed E-state index contributed by atoms with van der Waals surface area (Å²) >= 11 is 0. The van der Waals surface area contributed by atoms with Crippen molar-refractivity contribution in [1.29, 1.82) is 0 Å². The molecule has 1 rings (SSSR count). The lowest BCUT2D eigenvalue weighted by atomic mass is 10.1. The molecule has 0 atom stereocenters. The molecule has 3 heteroatoms. The van der Waals surface area contributed by atoms with E-state index < -0.39 is 5.60 Å². The van der Waals surface area contributed by atoms with E-state index in [1.807, 2.05) is 31.7 Å². The van der Waals surface area contributed by atoms with Crippen molar-refractivity contribution in [3.63, 3.8) is 0 Å². The van der Waals surface area contributed by atoms with E-state index in [4.69, 9.17) is 4.74 Å². The summed E-state index contributed by atoms with van der Waals surface area (Å²) in [4.78, 5) is 14.1. The Balaban J connectivity index is 2.47. The van der Waals surface area contributed by atoms with Crippen LogP contribution in [0.25, 0.3) is 0 Å². The Morgan fingerprint density at radius 2 is 1.71 bits per heavy atom. The zero-order chi connectivity index (χ0) is 15.7. The number of unbranched alkanes of at least 4 members (excludes halogenated alkanes) is 1. The summed E-state index contributed by atoms with van der Waals surface area (Å²) in [6.45, 7) is 9.40. The molecule has 0 saturated carbocycles. The number of carbonyl (C=O) groups excluding carboxylic acids is 1. The highest BCUT2D eigenvalue weighted by Gasteiger charge is 2.21. The minimum Gasteiger partial charge on any atom is -0.444 e. The normalized spacial score (nSPS) is 11.2. The molecule has 1 aromatic carbocycles. The fourth-order valence-electron chi connectivity index (χ4n) is 2.09. The number of hydrogen-bond donors (Lipinski definition) is 0. The molecule has 21 heavy (non-hydrogen) atoms. The highest BCUT2D eigenvalue weighted by molar-refractivity contribution is 5.68.